The van der Waals surface area contributed by atoms with E-state index in [9.17, 15) is 4.79 Å². The number of hydrogen-bond donors (Lipinski definition) is 0. The van der Waals surface area contributed by atoms with Crippen molar-refractivity contribution in [1.29, 1.82) is 0 Å². The SMILES string of the molecule is CN(C)C(=O)c1ccncc1Cl. The molecular weight excluding hydrogens is 176 g/mol. The van der Waals surface area contributed by atoms with Gasteiger partial charge < -0.3 is 4.90 Å². The molecular formula is C8H9ClN2O. The smallest absolute Gasteiger partial charge is 0.254 e. The molecule has 1 aromatic heterocycles. The highest BCUT2D eigenvalue weighted by Gasteiger charge is 2.10. The number of carbonyl (C=O) groups excluding carboxylic acids is 1. The Kier molecular flexibility index (Phi) is 2.65. The molecule has 1 heterocycles. The minimum atomic E-state index is -0.109. The summed E-state index contributed by atoms with van der Waals surface area (Å²) < 4.78 is 0. The number of amides is 1. The Morgan fingerprint density at radius 2 is 2.25 bits per heavy atom. The first kappa shape index (κ1) is 9.00. The summed E-state index contributed by atoms with van der Waals surface area (Å²) in [7, 11) is 3.36. The monoisotopic (exact) mass is 184 g/mol. The number of pyridine rings is 1. The maximum Gasteiger partial charge on any atom is 0.254 e. The number of aromatic nitrogens is 1. The first-order valence-corrected chi connectivity index (χ1v) is 3.82. The van der Waals surface area contributed by atoms with Crippen LogP contribution in [0.2, 0.25) is 5.02 Å². The van der Waals surface area contributed by atoms with Crippen LogP contribution >= 0.6 is 11.6 Å². The fourth-order valence-corrected chi connectivity index (χ4v) is 0.990. The Bertz CT molecular complexity index is 299. The van der Waals surface area contributed by atoms with Crippen molar-refractivity contribution < 1.29 is 4.79 Å². The van der Waals surface area contributed by atoms with E-state index in [2.05, 4.69) is 4.98 Å². The van der Waals surface area contributed by atoms with Crippen molar-refractivity contribution in [3.05, 3.63) is 29.0 Å². The minimum absolute atomic E-state index is 0.109. The van der Waals surface area contributed by atoms with Gasteiger partial charge in [-0.1, -0.05) is 11.6 Å². The van der Waals surface area contributed by atoms with Gasteiger partial charge in [-0.3, -0.25) is 9.78 Å². The second kappa shape index (κ2) is 3.54. The number of rotatable bonds is 1. The van der Waals surface area contributed by atoms with Crippen LogP contribution in [0.5, 0.6) is 0 Å². The molecule has 64 valence electrons. The highest BCUT2D eigenvalue weighted by molar-refractivity contribution is 6.33. The van der Waals surface area contributed by atoms with Gasteiger partial charge in [0.2, 0.25) is 0 Å². The number of nitrogens with zero attached hydrogens (tertiary/aromatic N) is 2. The number of hydrogen-bond acceptors (Lipinski definition) is 2. The fourth-order valence-electron chi connectivity index (χ4n) is 0.790. The summed E-state index contributed by atoms with van der Waals surface area (Å²) in [6, 6.07) is 1.60. The third-order valence-electron chi connectivity index (χ3n) is 1.41. The summed E-state index contributed by atoms with van der Waals surface area (Å²) in [6.45, 7) is 0. The van der Waals surface area contributed by atoms with E-state index < -0.39 is 0 Å². The van der Waals surface area contributed by atoms with E-state index in [4.69, 9.17) is 11.6 Å². The lowest BCUT2D eigenvalue weighted by molar-refractivity contribution is 0.0827. The molecule has 0 spiro atoms. The van der Waals surface area contributed by atoms with Crippen LogP contribution in [0, 0.1) is 0 Å². The third-order valence-corrected chi connectivity index (χ3v) is 1.71. The molecule has 1 amide bonds. The van der Waals surface area contributed by atoms with Crippen LogP contribution in [-0.2, 0) is 0 Å². The lowest BCUT2D eigenvalue weighted by atomic mass is 10.2. The zero-order valence-electron chi connectivity index (χ0n) is 6.91. The van der Waals surface area contributed by atoms with Gasteiger partial charge in [0.25, 0.3) is 5.91 Å². The van der Waals surface area contributed by atoms with Gasteiger partial charge in [-0.05, 0) is 6.07 Å². The minimum Gasteiger partial charge on any atom is -0.345 e. The summed E-state index contributed by atoms with van der Waals surface area (Å²) in [4.78, 5) is 16.6. The molecule has 0 aromatic carbocycles. The second-order valence-corrected chi connectivity index (χ2v) is 2.96. The molecule has 4 heteroatoms. The molecule has 0 saturated carbocycles. The van der Waals surface area contributed by atoms with E-state index >= 15 is 0 Å². The van der Waals surface area contributed by atoms with E-state index in [0.29, 0.717) is 10.6 Å². The van der Waals surface area contributed by atoms with Gasteiger partial charge >= 0.3 is 0 Å². The molecule has 0 bridgehead atoms. The van der Waals surface area contributed by atoms with E-state index in [0.717, 1.165) is 0 Å². The summed E-state index contributed by atoms with van der Waals surface area (Å²) in [5, 5.41) is 0.385. The van der Waals surface area contributed by atoms with Crippen LogP contribution in [0.1, 0.15) is 10.4 Å². The largest absolute Gasteiger partial charge is 0.345 e. The molecule has 0 N–H and O–H groups in total. The fraction of sp³-hybridized carbons (Fsp3) is 0.250. The van der Waals surface area contributed by atoms with Gasteiger partial charge in [-0.25, -0.2) is 0 Å². The standard InChI is InChI=1S/C8H9ClN2O/c1-11(2)8(12)6-3-4-10-5-7(6)9/h3-5H,1-2H3. The van der Waals surface area contributed by atoms with Crippen molar-refractivity contribution in [2.24, 2.45) is 0 Å². The van der Waals surface area contributed by atoms with Gasteiger partial charge in [0.05, 0.1) is 10.6 Å². The maximum atomic E-state index is 11.4. The zero-order chi connectivity index (χ0) is 9.14. The van der Waals surface area contributed by atoms with E-state index in [1.807, 2.05) is 0 Å². The quantitative estimate of drug-likeness (QED) is 0.662. The Hall–Kier alpha value is -1.09. The Labute approximate surface area is 76.0 Å². The second-order valence-electron chi connectivity index (χ2n) is 2.56. The molecule has 1 rings (SSSR count). The predicted octanol–water partition coefficient (Wildman–Crippen LogP) is 1.44. The Balaban J connectivity index is 3.03. The molecule has 12 heavy (non-hydrogen) atoms. The highest BCUT2D eigenvalue weighted by Crippen LogP contribution is 2.14. The molecule has 3 nitrogen and oxygen atoms in total. The number of halogens is 1. The Morgan fingerprint density at radius 1 is 1.58 bits per heavy atom. The molecule has 0 radical (unpaired) electrons. The topological polar surface area (TPSA) is 33.2 Å². The average molecular weight is 185 g/mol. The molecule has 0 saturated heterocycles. The van der Waals surface area contributed by atoms with Crippen LogP contribution < -0.4 is 0 Å². The summed E-state index contributed by atoms with van der Waals surface area (Å²) >= 11 is 5.75. The molecule has 0 aliphatic heterocycles. The van der Waals surface area contributed by atoms with Crippen molar-refractivity contribution in [2.45, 2.75) is 0 Å². The summed E-state index contributed by atoms with van der Waals surface area (Å²) in [5.41, 5.74) is 0.483. The van der Waals surface area contributed by atoms with E-state index in [1.165, 1.54) is 11.1 Å². The first-order chi connectivity index (χ1) is 5.63. The normalized spacial score (nSPS) is 9.58. The zero-order valence-corrected chi connectivity index (χ0v) is 7.67. The van der Waals surface area contributed by atoms with Crippen molar-refractivity contribution in [1.82, 2.24) is 9.88 Å². The van der Waals surface area contributed by atoms with E-state index in [-0.39, 0.29) is 5.91 Å². The highest BCUT2D eigenvalue weighted by atomic mass is 35.5. The van der Waals surface area contributed by atoms with Crippen LogP contribution in [0.15, 0.2) is 18.5 Å². The first-order valence-electron chi connectivity index (χ1n) is 3.44. The average Bonchev–Trinajstić information content (AvgIpc) is 2.04. The lowest BCUT2D eigenvalue weighted by Gasteiger charge is -2.10. The van der Waals surface area contributed by atoms with Crippen molar-refractivity contribution in [3.63, 3.8) is 0 Å². The summed E-state index contributed by atoms with van der Waals surface area (Å²) in [6.07, 6.45) is 3.00. The van der Waals surface area contributed by atoms with Crippen LogP contribution in [-0.4, -0.2) is 29.9 Å². The molecule has 0 atom stereocenters. The number of carbonyl (C=O) groups is 1. The van der Waals surface area contributed by atoms with Crippen molar-refractivity contribution >= 4 is 17.5 Å². The molecule has 0 aliphatic carbocycles. The van der Waals surface area contributed by atoms with Crippen molar-refractivity contribution in [3.8, 4) is 0 Å². The van der Waals surface area contributed by atoms with Gasteiger partial charge in [0.1, 0.15) is 0 Å². The van der Waals surface area contributed by atoms with Gasteiger partial charge in [0.15, 0.2) is 0 Å². The van der Waals surface area contributed by atoms with Crippen LogP contribution in [0.25, 0.3) is 0 Å². The van der Waals surface area contributed by atoms with Gasteiger partial charge in [-0.2, -0.15) is 0 Å². The summed E-state index contributed by atoms with van der Waals surface area (Å²) in [5.74, 6) is -0.109. The van der Waals surface area contributed by atoms with E-state index in [1.54, 1.807) is 26.4 Å². The molecule has 0 unspecified atom stereocenters. The van der Waals surface area contributed by atoms with Gasteiger partial charge in [0, 0.05) is 26.5 Å². The molecule has 0 aliphatic rings. The van der Waals surface area contributed by atoms with Crippen LogP contribution in [0.3, 0.4) is 0 Å². The third kappa shape index (κ3) is 1.74. The van der Waals surface area contributed by atoms with Crippen molar-refractivity contribution in [2.75, 3.05) is 14.1 Å². The van der Waals surface area contributed by atoms with Crippen LogP contribution in [0.4, 0.5) is 0 Å². The molecule has 0 fully saturated rings. The maximum absolute atomic E-state index is 11.4. The Morgan fingerprint density at radius 3 is 2.75 bits per heavy atom. The molecule has 1 aromatic rings. The predicted molar refractivity (Wildman–Crippen MR) is 47.3 cm³/mol. The van der Waals surface area contributed by atoms with Gasteiger partial charge in [-0.15, -0.1) is 0 Å². The lowest BCUT2D eigenvalue weighted by Crippen LogP contribution is -2.21.